The van der Waals surface area contributed by atoms with E-state index in [1.165, 1.54) is 38.1 Å². The number of hydrogen-bond acceptors (Lipinski definition) is 7. The minimum Gasteiger partial charge on any atom is -0.322 e. The van der Waals surface area contributed by atoms with Gasteiger partial charge in [-0.2, -0.15) is 8.42 Å². The summed E-state index contributed by atoms with van der Waals surface area (Å²) in [7, 11) is -14.4. The standard InChI is InChI=1S/C12H20O9P2S/c1-4-19-23(16,20-5-2)12(22(13,14)15)21-24(17,18)11-8-6-10(3)7-9-11/h6-9,12H,4-5H2,1-3H3,(H2,13,14,15). The van der Waals surface area contributed by atoms with Crippen molar-refractivity contribution in [2.75, 3.05) is 13.2 Å². The van der Waals surface area contributed by atoms with Crippen molar-refractivity contribution in [3.63, 3.8) is 0 Å². The van der Waals surface area contributed by atoms with Crippen LogP contribution in [0.15, 0.2) is 29.2 Å². The van der Waals surface area contributed by atoms with Crippen LogP contribution in [0.2, 0.25) is 0 Å². The second-order valence-electron chi connectivity index (χ2n) is 4.65. The summed E-state index contributed by atoms with van der Waals surface area (Å²) in [6, 6.07) is 5.36. The monoisotopic (exact) mass is 402 g/mol. The van der Waals surface area contributed by atoms with Crippen LogP contribution in [0.3, 0.4) is 0 Å². The fraction of sp³-hybridized carbons (Fsp3) is 0.500. The zero-order valence-corrected chi connectivity index (χ0v) is 16.0. The first-order valence-electron chi connectivity index (χ1n) is 6.90. The molecule has 0 heterocycles. The SMILES string of the molecule is CCOP(=O)(OCC)C(OS(=O)(=O)c1ccc(C)cc1)P(=O)(O)O. The molecule has 1 unspecified atom stereocenters. The molecule has 0 aliphatic heterocycles. The van der Waals surface area contributed by atoms with Gasteiger partial charge < -0.3 is 18.8 Å². The number of benzene rings is 1. The third kappa shape index (κ3) is 5.47. The molecule has 0 saturated heterocycles. The molecule has 0 radical (unpaired) electrons. The molecule has 24 heavy (non-hydrogen) atoms. The van der Waals surface area contributed by atoms with Crippen molar-refractivity contribution in [3.05, 3.63) is 29.8 Å². The lowest BCUT2D eigenvalue weighted by Crippen LogP contribution is -2.22. The van der Waals surface area contributed by atoms with E-state index < -0.39 is 30.9 Å². The molecule has 12 heteroatoms. The third-order valence-corrected chi connectivity index (χ3v) is 8.59. The molecule has 0 bridgehead atoms. The van der Waals surface area contributed by atoms with E-state index in [4.69, 9.17) is 9.05 Å². The van der Waals surface area contributed by atoms with Crippen LogP contribution < -0.4 is 0 Å². The summed E-state index contributed by atoms with van der Waals surface area (Å²) in [6.45, 7) is 4.12. The number of rotatable bonds is 9. The van der Waals surface area contributed by atoms with Crippen LogP contribution in [0.5, 0.6) is 0 Å². The Morgan fingerprint density at radius 2 is 1.50 bits per heavy atom. The normalized spacial score (nSPS) is 14.5. The van der Waals surface area contributed by atoms with Gasteiger partial charge in [0.15, 0.2) is 0 Å². The van der Waals surface area contributed by atoms with Gasteiger partial charge in [0.2, 0.25) is 0 Å². The van der Waals surface area contributed by atoms with E-state index in [2.05, 4.69) is 4.18 Å². The molecule has 2 N–H and O–H groups in total. The predicted molar refractivity (Wildman–Crippen MR) is 86.1 cm³/mol. The molecule has 1 atom stereocenters. The highest BCUT2D eigenvalue weighted by atomic mass is 32.2. The van der Waals surface area contributed by atoms with E-state index in [0.717, 1.165) is 5.56 Å². The van der Waals surface area contributed by atoms with Gasteiger partial charge in [0, 0.05) is 0 Å². The maximum Gasteiger partial charge on any atom is 0.373 e. The minimum atomic E-state index is -5.30. The van der Waals surface area contributed by atoms with Gasteiger partial charge in [-0.05, 0) is 32.9 Å². The van der Waals surface area contributed by atoms with E-state index >= 15 is 0 Å². The van der Waals surface area contributed by atoms with Crippen LogP contribution >= 0.6 is 15.2 Å². The molecule has 0 aliphatic carbocycles. The van der Waals surface area contributed by atoms with E-state index in [0.29, 0.717) is 0 Å². The van der Waals surface area contributed by atoms with Gasteiger partial charge in [-0.25, -0.2) is 4.18 Å². The Balaban J connectivity index is 3.30. The fourth-order valence-corrected chi connectivity index (χ4v) is 6.97. The molecule has 1 aromatic carbocycles. The Hall–Kier alpha value is -0.570. The largest absolute Gasteiger partial charge is 0.373 e. The van der Waals surface area contributed by atoms with Gasteiger partial charge in [-0.3, -0.25) is 9.13 Å². The maximum atomic E-state index is 12.6. The molecule has 1 aromatic rings. The molecule has 0 aliphatic rings. The Morgan fingerprint density at radius 3 is 1.88 bits per heavy atom. The van der Waals surface area contributed by atoms with Gasteiger partial charge in [0.05, 0.1) is 18.1 Å². The van der Waals surface area contributed by atoms with Crippen LogP contribution in [0.1, 0.15) is 19.4 Å². The average molecular weight is 402 g/mol. The predicted octanol–water partition coefficient (Wildman–Crippen LogP) is 2.43. The van der Waals surface area contributed by atoms with Crippen molar-refractivity contribution in [2.24, 2.45) is 0 Å². The molecule has 1 rings (SSSR count). The summed E-state index contributed by atoms with van der Waals surface area (Å²) in [5.74, 6) is 0. The van der Waals surface area contributed by atoms with Gasteiger partial charge in [-0.1, -0.05) is 17.7 Å². The first-order chi connectivity index (χ1) is 11.0. The molecule has 0 saturated carbocycles. The van der Waals surface area contributed by atoms with E-state index in [-0.39, 0.29) is 18.1 Å². The van der Waals surface area contributed by atoms with Crippen molar-refractivity contribution in [1.29, 1.82) is 0 Å². The second kappa shape index (κ2) is 8.21. The molecule has 9 nitrogen and oxygen atoms in total. The minimum absolute atomic E-state index is 0.221. The first kappa shape index (κ1) is 21.5. The highest BCUT2D eigenvalue weighted by Crippen LogP contribution is 2.66. The van der Waals surface area contributed by atoms with Crippen LogP contribution in [0.25, 0.3) is 0 Å². The van der Waals surface area contributed by atoms with E-state index in [1.54, 1.807) is 6.92 Å². The van der Waals surface area contributed by atoms with E-state index in [1.807, 2.05) is 0 Å². The maximum absolute atomic E-state index is 12.6. The third-order valence-electron chi connectivity index (χ3n) is 2.70. The molecule has 0 spiro atoms. The van der Waals surface area contributed by atoms with Crippen molar-refractivity contribution in [2.45, 2.75) is 31.3 Å². The average Bonchev–Trinajstić information content (AvgIpc) is 2.44. The number of aryl methyl sites for hydroxylation is 1. The molecule has 0 amide bonds. The van der Waals surface area contributed by atoms with Crippen LogP contribution in [-0.4, -0.2) is 37.0 Å². The summed E-state index contributed by atoms with van der Waals surface area (Å²) < 4.78 is 63.0. The second-order valence-corrected chi connectivity index (χ2v) is 10.3. The van der Waals surface area contributed by atoms with Gasteiger partial charge in [0.25, 0.3) is 15.7 Å². The topological polar surface area (TPSA) is 136 Å². The zero-order valence-electron chi connectivity index (χ0n) is 13.4. The van der Waals surface area contributed by atoms with Gasteiger partial charge in [-0.15, -0.1) is 0 Å². The Kier molecular flexibility index (Phi) is 7.34. The van der Waals surface area contributed by atoms with Gasteiger partial charge in [0.1, 0.15) is 0 Å². The summed E-state index contributed by atoms with van der Waals surface area (Å²) >= 11 is 0. The lowest BCUT2D eigenvalue weighted by molar-refractivity contribution is 0.176. The van der Waals surface area contributed by atoms with Crippen molar-refractivity contribution in [3.8, 4) is 0 Å². The quantitative estimate of drug-likeness (QED) is 0.471. The van der Waals surface area contributed by atoms with E-state index in [9.17, 15) is 27.3 Å². The highest BCUT2D eigenvalue weighted by Gasteiger charge is 2.51. The summed E-state index contributed by atoms with van der Waals surface area (Å²) in [4.78, 5) is 18.5. The summed E-state index contributed by atoms with van der Waals surface area (Å²) in [6.07, 6.45) is 0. The van der Waals surface area contributed by atoms with Crippen LogP contribution in [0.4, 0.5) is 0 Å². The summed E-state index contributed by atoms with van der Waals surface area (Å²) in [5.41, 5.74) is -1.81. The molecular formula is C12H20O9P2S. The highest BCUT2D eigenvalue weighted by molar-refractivity contribution is 7.87. The Labute approximate surface area is 140 Å². The zero-order chi connectivity index (χ0) is 18.6. The molecule has 0 aromatic heterocycles. The fourth-order valence-electron chi connectivity index (χ4n) is 1.69. The Bertz CT molecular complexity index is 728. The Morgan fingerprint density at radius 1 is 1.04 bits per heavy atom. The molecule has 138 valence electrons. The van der Waals surface area contributed by atoms with Crippen molar-refractivity contribution < 1.29 is 40.6 Å². The van der Waals surface area contributed by atoms with Crippen LogP contribution in [0, 0.1) is 6.92 Å². The lowest BCUT2D eigenvalue weighted by atomic mass is 10.2. The van der Waals surface area contributed by atoms with Crippen molar-refractivity contribution in [1.82, 2.24) is 0 Å². The first-order valence-corrected chi connectivity index (χ1v) is 11.6. The van der Waals surface area contributed by atoms with Gasteiger partial charge >= 0.3 is 15.2 Å². The smallest absolute Gasteiger partial charge is 0.322 e. The molecular weight excluding hydrogens is 382 g/mol. The number of hydrogen-bond donors (Lipinski definition) is 2. The van der Waals surface area contributed by atoms with Crippen LogP contribution in [-0.2, 0) is 32.5 Å². The lowest BCUT2D eigenvalue weighted by Gasteiger charge is -2.26. The van der Waals surface area contributed by atoms with Crippen molar-refractivity contribution >= 4 is 25.3 Å². The summed E-state index contributed by atoms with van der Waals surface area (Å²) in [5, 5.41) is 0. The molecule has 0 fully saturated rings.